The third kappa shape index (κ3) is 1.30. The van der Waals surface area contributed by atoms with Crippen LogP contribution >= 0.6 is 0 Å². The fourth-order valence-corrected chi connectivity index (χ4v) is 2.82. The molecule has 2 unspecified atom stereocenters. The summed E-state index contributed by atoms with van der Waals surface area (Å²) in [4.78, 5) is 0. The lowest BCUT2D eigenvalue weighted by Crippen LogP contribution is -2.38. The summed E-state index contributed by atoms with van der Waals surface area (Å²) in [6.07, 6.45) is 3.82. The second kappa shape index (κ2) is 3.11. The quantitative estimate of drug-likeness (QED) is 0.612. The van der Waals surface area contributed by atoms with Crippen molar-refractivity contribution in [2.24, 2.45) is 17.8 Å². The zero-order valence-corrected chi connectivity index (χ0v) is 6.92. The Bertz CT molecular complexity index is 122. The smallest absolute Gasteiger partial charge is 0.0433 e. The molecule has 1 aliphatic carbocycles. The molecular formula is C9H17NO. The van der Waals surface area contributed by atoms with Gasteiger partial charge >= 0.3 is 0 Å². The maximum Gasteiger partial charge on any atom is 0.0433 e. The zero-order valence-electron chi connectivity index (χ0n) is 6.92. The minimum absolute atomic E-state index is 0.387. The number of aliphatic hydroxyl groups excluding tert-OH is 1. The van der Waals surface area contributed by atoms with Crippen molar-refractivity contribution in [3.8, 4) is 0 Å². The van der Waals surface area contributed by atoms with Gasteiger partial charge in [0.15, 0.2) is 0 Å². The number of hydrogen-bond donors (Lipinski definition) is 2. The van der Waals surface area contributed by atoms with Crippen molar-refractivity contribution < 1.29 is 5.11 Å². The van der Waals surface area contributed by atoms with E-state index in [-0.39, 0.29) is 0 Å². The molecule has 11 heavy (non-hydrogen) atoms. The van der Waals surface area contributed by atoms with Gasteiger partial charge in [-0.1, -0.05) is 0 Å². The van der Waals surface area contributed by atoms with Crippen LogP contribution in [0.3, 0.4) is 0 Å². The lowest BCUT2D eigenvalue weighted by molar-refractivity contribution is 0.179. The molecule has 0 radical (unpaired) electrons. The van der Waals surface area contributed by atoms with Crippen LogP contribution in [0.25, 0.3) is 0 Å². The normalized spacial score (nSPS) is 42.8. The topological polar surface area (TPSA) is 32.3 Å². The Morgan fingerprint density at radius 1 is 1.18 bits per heavy atom. The molecule has 2 nitrogen and oxygen atoms in total. The summed E-state index contributed by atoms with van der Waals surface area (Å²) in [5.41, 5.74) is 0. The average Bonchev–Trinajstić information content (AvgIpc) is 2.30. The molecule has 1 saturated carbocycles. The molecule has 2 bridgehead atoms. The van der Waals surface area contributed by atoms with E-state index in [9.17, 15) is 0 Å². The maximum absolute atomic E-state index is 8.86. The first-order chi connectivity index (χ1) is 5.42. The summed E-state index contributed by atoms with van der Waals surface area (Å²) in [7, 11) is 0. The molecule has 64 valence electrons. The Morgan fingerprint density at radius 3 is 2.36 bits per heavy atom. The van der Waals surface area contributed by atoms with E-state index in [0.717, 1.165) is 24.2 Å². The van der Waals surface area contributed by atoms with Crippen LogP contribution in [-0.2, 0) is 0 Å². The first-order valence-electron chi connectivity index (χ1n) is 4.73. The summed E-state index contributed by atoms with van der Waals surface area (Å²) in [6, 6.07) is 0. The largest absolute Gasteiger partial charge is 0.396 e. The van der Waals surface area contributed by atoms with Crippen molar-refractivity contribution in [2.75, 3.05) is 19.7 Å². The van der Waals surface area contributed by atoms with Crippen molar-refractivity contribution in [1.82, 2.24) is 5.32 Å². The Labute approximate surface area is 68.0 Å². The van der Waals surface area contributed by atoms with Gasteiger partial charge in [-0.05, 0) is 50.1 Å². The number of fused-ring (bicyclic) bond motifs is 2. The van der Waals surface area contributed by atoms with E-state index in [1.807, 2.05) is 0 Å². The fourth-order valence-electron chi connectivity index (χ4n) is 2.82. The van der Waals surface area contributed by atoms with Gasteiger partial charge in [-0.25, -0.2) is 0 Å². The number of rotatable bonds is 2. The second-order valence-corrected chi connectivity index (χ2v) is 3.93. The molecule has 2 heteroatoms. The third-order valence-corrected chi connectivity index (χ3v) is 3.39. The Kier molecular flexibility index (Phi) is 2.14. The molecule has 1 heterocycles. The van der Waals surface area contributed by atoms with Crippen LogP contribution in [0.2, 0.25) is 0 Å². The molecule has 2 rings (SSSR count). The van der Waals surface area contributed by atoms with Gasteiger partial charge in [-0.3, -0.25) is 0 Å². The van der Waals surface area contributed by atoms with Gasteiger partial charge in [0.1, 0.15) is 0 Å². The van der Waals surface area contributed by atoms with Gasteiger partial charge in [0.2, 0.25) is 0 Å². The van der Waals surface area contributed by atoms with E-state index in [1.165, 1.54) is 25.9 Å². The Balaban J connectivity index is 1.97. The van der Waals surface area contributed by atoms with Crippen molar-refractivity contribution in [1.29, 1.82) is 0 Å². The lowest BCUT2D eigenvalue weighted by Gasteiger charge is -2.30. The molecule has 2 N–H and O–H groups in total. The first kappa shape index (κ1) is 7.56. The molecule has 1 aliphatic heterocycles. The van der Waals surface area contributed by atoms with Gasteiger partial charge in [-0.15, -0.1) is 0 Å². The monoisotopic (exact) mass is 155 g/mol. The maximum atomic E-state index is 8.86. The molecule has 1 saturated heterocycles. The van der Waals surface area contributed by atoms with Crippen molar-refractivity contribution >= 4 is 0 Å². The second-order valence-electron chi connectivity index (χ2n) is 3.93. The van der Waals surface area contributed by atoms with Crippen molar-refractivity contribution in [3.05, 3.63) is 0 Å². The lowest BCUT2D eigenvalue weighted by atomic mass is 9.84. The van der Waals surface area contributed by atoms with E-state index in [4.69, 9.17) is 5.11 Å². The molecular weight excluding hydrogens is 138 g/mol. The highest BCUT2D eigenvalue weighted by molar-refractivity contribution is 4.90. The van der Waals surface area contributed by atoms with E-state index in [1.54, 1.807) is 0 Å². The fraction of sp³-hybridized carbons (Fsp3) is 1.00. The number of nitrogens with one attached hydrogen (secondary N) is 1. The van der Waals surface area contributed by atoms with E-state index < -0.39 is 0 Å². The average molecular weight is 155 g/mol. The van der Waals surface area contributed by atoms with Crippen LogP contribution in [0, 0.1) is 17.8 Å². The summed E-state index contributed by atoms with van der Waals surface area (Å²) in [5.74, 6) is 2.59. The highest BCUT2D eigenvalue weighted by atomic mass is 16.3. The van der Waals surface area contributed by atoms with E-state index in [2.05, 4.69) is 5.32 Å². The van der Waals surface area contributed by atoms with E-state index in [0.29, 0.717) is 6.61 Å². The highest BCUT2D eigenvalue weighted by Crippen LogP contribution is 2.40. The molecule has 0 amide bonds. The number of aliphatic hydroxyl groups is 1. The molecule has 0 aromatic carbocycles. The van der Waals surface area contributed by atoms with Crippen LogP contribution in [-0.4, -0.2) is 24.8 Å². The first-order valence-corrected chi connectivity index (χ1v) is 4.73. The minimum Gasteiger partial charge on any atom is -0.396 e. The highest BCUT2D eigenvalue weighted by Gasteiger charge is 2.37. The zero-order chi connectivity index (χ0) is 7.68. The summed E-state index contributed by atoms with van der Waals surface area (Å²) in [5, 5.41) is 12.3. The van der Waals surface area contributed by atoms with E-state index >= 15 is 0 Å². The van der Waals surface area contributed by atoms with Crippen LogP contribution in [0.4, 0.5) is 0 Å². The molecule has 0 spiro atoms. The summed E-state index contributed by atoms with van der Waals surface area (Å²) >= 11 is 0. The van der Waals surface area contributed by atoms with Gasteiger partial charge < -0.3 is 10.4 Å². The predicted molar refractivity (Wildman–Crippen MR) is 44.3 cm³/mol. The molecule has 2 aliphatic rings. The third-order valence-electron chi connectivity index (χ3n) is 3.39. The van der Waals surface area contributed by atoms with Gasteiger partial charge in [0.05, 0.1) is 0 Å². The standard InChI is InChI=1S/C9H17NO/c11-4-3-9-7-1-2-8(9)6-10-5-7/h7-11H,1-6H2. The predicted octanol–water partition coefficient (Wildman–Crippen LogP) is 0.614. The van der Waals surface area contributed by atoms with Crippen molar-refractivity contribution in [3.63, 3.8) is 0 Å². The number of piperidine rings is 1. The van der Waals surface area contributed by atoms with Crippen molar-refractivity contribution in [2.45, 2.75) is 19.3 Å². The SMILES string of the molecule is OCCC1C2CCC1CNC2. The Morgan fingerprint density at radius 2 is 1.82 bits per heavy atom. The van der Waals surface area contributed by atoms with Crippen LogP contribution < -0.4 is 5.32 Å². The van der Waals surface area contributed by atoms with Crippen LogP contribution in [0.1, 0.15) is 19.3 Å². The molecule has 0 aromatic heterocycles. The van der Waals surface area contributed by atoms with Gasteiger partial charge in [0, 0.05) is 6.61 Å². The molecule has 0 aromatic rings. The summed E-state index contributed by atoms with van der Waals surface area (Å²) < 4.78 is 0. The number of hydrogen-bond acceptors (Lipinski definition) is 2. The molecule has 2 atom stereocenters. The summed E-state index contributed by atoms with van der Waals surface area (Å²) in [6.45, 7) is 2.78. The Hall–Kier alpha value is -0.0800. The van der Waals surface area contributed by atoms with Gasteiger partial charge in [0.25, 0.3) is 0 Å². The van der Waals surface area contributed by atoms with Crippen LogP contribution in [0.15, 0.2) is 0 Å². The van der Waals surface area contributed by atoms with Gasteiger partial charge in [-0.2, -0.15) is 0 Å². The minimum atomic E-state index is 0.387. The van der Waals surface area contributed by atoms with Crippen LogP contribution in [0.5, 0.6) is 0 Å². The molecule has 2 fully saturated rings.